The van der Waals surface area contributed by atoms with Gasteiger partial charge < -0.3 is 10.2 Å². The van der Waals surface area contributed by atoms with Gasteiger partial charge in [0.05, 0.1) is 6.54 Å². The van der Waals surface area contributed by atoms with Gasteiger partial charge in [0, 0.05) is 10.9 Å². The van der Waals surface area contributed by atoms with Crippen LogP contribution in [-0.2, 0) is 17.4 Å². The fourth-order valence-corrected chi connectivity index (χ4v) is 2.74. The first-order chi connectivity index (χ1) is 9.20. The molecule has 0 aliphatic rings. The van der Waals surface area contributed by atoms with E-state index in [1.165, 1.54) is 16.5 Å². The Bertz CT molecular complexity index is 614. The Morgan fingerprint density at radius 2 is 1.75 bits per heavy atom. The Balaban J connectivity index is 2.73. The third-order valence-electron chi connectivity index (χ3n) is 4.36. The molecule has 1 aromatic carbocycles. The number of hydrogen-bond acceptors (Lipinski definition) is 2. The number of hydrogen-bond donors (Lipinski definition) is 1. The molecule has 110 valence electrons. The van der Waals surface area contributed by atoms with Crippen molar-refractivity contribution >= 4 is 11.0 Å². The minimum Gasteiger partial charge on any atom is -0.459 e. The van der Waals surface area contributed by atoms with Gasteiger partial charge in [-0.25, -0.2) is 0 Å². The summed E-state index contributed by atoms with van der Waals surface area (Å²) >= 11 is 0. The summed E-state index contributed by atoms with van der Waals surface area (Å²) in [5.41, 5.74) is 9.65. The van der Waals surface area contributed by atoms with Crippen molar-refractivity contribution in [2.45, 2.75) is 65.3 Å². The molecule has 2 heteroatoms. The molecule has 1 aromatic heterocycles. The summed E-state index contributed by atoms with van der Waals surface area (Å²) < 4.78 is 5.95. The Kier molecular flexibility index (Phi) is 3.72. The zero-order valence-electron chi connectivity index (χ0n) is 13.6. The van der Waals surface area contributed by atoms with E-state index in [0.29, 0.717) is 6.54 Å². The van der Waals surface area contributed by atoms with Crippen LogP contribution in [0.4, 0.5) is 0 Å². The van der Waals surface area contributed by atoms with Gasteiger partial charge in [0.1, 0.15) is 11.3 Å². The van der Waals surface area contributed by atoms with E-state index in [-0.39, 0.29) is 10.8 Å². The van der Waals surface area contributed by atoms with Crippen molar-refractivity contribution in [1.29, 1.82) is 0 Å². The minimum atomic E-state index is 0.0366. The van der Waals surface area contributed by atoms with Crippen molar-refractivity contribution in [3.8, 4) is 0 Å². The van der Waals surface area contributed by atoms with Crippen molar-refractivity contribution in [3.63, 3.8) is 0 Å². The SMILES string of the molecule is CCC(C)(C)c1ccc2oc(CN)c(C(C)(C)C)c2c1. The molecule has 0 aliphatic carbocycles. The maximum Gasteiger partial charge on any atom is 0.134 e. The Labute approximate surface area is 122 Å². The fourth-order valence-electron chi connectivity index (χ4n) is 2.74. The predicted octanol–water partition coefficient (Wildman–Crippen LogP) is 4.88. The van der Waals surface area contributed by atoms with Crippen LogP contribution in [-0.4, -0.2) is 0 Å². The van der Waals surface area contributed by atoms with Crippen molar-refractivity contribution in [1.82, 2.24) is 0 Å². The van der Waals surface area contributed by atoms with E-state index in [1.54, 1.807) is 0 Å². The fraction of sp³-hybridized carbons (Fsp3) is 0.556. The quantitative estimate of drug-likeness (QED) is 0.866. The average molecular weight is 273 g/mol. The second kappa shape index (κ2) is 4.92. The zero-order chi connectivity index (χ0) is 15.1. The summed E-state index contributed by atoms with van der Waals surface area (Å²) in [4.78, 5) is 0. The van der Waals surface area contributed by atoms with Crippen LogP contribution in [0.2, 0.25) is 0 Å². The third-order valence-corrected chi connectivity index (χ3v) is 4.36. The highest BCUT2D eigenvalue weighted by Crippen LogP contribution is 2.38. The number of rotatable bonds is 3. The van der Waals surface area contributed by atoms with Gasteiger partial charge in [-0.1, -0.05) is 47.6 Å². The van der Waals surface area contributed by atoms with Gasteiger partial charge in [0.2, 0.25) is 0 Å². The molecule has 0 fully saturated rings. The molecule has 1 heterocycles. The van der Waals surface area contributed by atoms with Crippen molar-refractivity contribution in [2.75, 3.05) is 0 Å². The molecule has 20 heavy (non-hydrogen) atoms. The highest BCUT2D eigenvalue weighted by atomic mass is 16.3. The predicted molar refractivity (Wildman–Crippen MR) is 86.1 cm³/mol. The van der Waals surface area contributed by atoms with Crippen LogP contribution in [0, 0.1) is 0 Å². The van der Waals surface area contributed by atoms with E-state index in [4.69, 9.17) is 10.2 Å². The van der Waals surface area contributed by atoms with Crippen LogP contribution in [0.5, 0.6) is 0 Å². The standard InChI is InChI=1S/C18H27NO/c1-7-18(5,6)12-8-9-14-13(10-12)16(17(2,3)4)15(11-19)20-14/h8-10H,7,11,19H2,1-6H3. The molecule has 0 spiro atoms. The van der Waals surface area contributed by atoms with Crippen molar-refractivity contribution in [2.24, 2.45) is 5.73 Å². The van der Waals surface area contributed by atoms with E-state index in [1.807, 2.05) is 0 Å². The first-order valence-corrected chi connectivity index (χ1v) is 7.47. The molecule has 0 unspecified atom stereocenters. The second-order valence-corrected chi connectivity index (χ2v) is 7.30. The molecule has 0 bridgehead atoms. The number of benzene rings is 1. The largest absolute Gasteiger partial charge is 0.459 e. The molecular weight excluding hydrogens is 246 g/mol. The van der Waals surface area contributed by atoms with Crippen LogP contribution in [0.3, 0.4) is 0 Å². The number of furan rings is 1. The molecule has 0 saturated carbocycles. The third kappa shape index (κ3) is 2.49. The van der Waals surface area contributed by atoms with Gasteiger partial charge in [-0.3, -0.25) is 0 Å². The molecule has 2 rings (SSSR count). The Morgan fingerprint density at radius 1 is 1.10 bits per heavy atom. The van der Waals surface area contributed by atoms with Crippen molar-refractivity contribution < 1.29 is 4.42 Å². The Morgan fingerprint density at radius 3 is 2.25 bits per heavy atom. The molecule has 2 nitrogen and oxygen atoms in total. The zero-order valence-corrected chi connectivity index (χ0v) is 13.6. The van der Waals surface area contributed by atoms with Gasteiger partial charge >= 0.3 is 0 Å². The lowest BCUT2D eigenvalue weighted by atomic mass is 9.80. The van der Waals surface area contributed by atoms with Gasteiger partial charge in [0.25, 0.3) is 0 Å². The lowest BCUT2D eigenvalue weighted by molar-refractivity contribution is 0.506. The van der Waals surface area contributed by atoms with Gasteiger partial charge in [-0.05, 0) is 34.9 Å². The summed E-state index contributed by atoms with van der Waals surface area (Å²) in [5, 5.41) is 1.22. The van der Waals surface area contributed by atoms with Crippen LogP contribution < -0.4 is 5.73 Å². The molecule has 0 saturated heterocycles. The summed E-state index contributed by atoms with van der Waals surface area (Å²) in [6.07, 6.45) is 1.12. The second-order valence-electron chi connectivity index (χ2n) is 7.30. The summed E-state index contributed by atoms with van der Waals surface area (Å²) in [6.45, 7) is 13.9. The smallest absolute Gasteiger partial charge is 0.134 e. The van der Waals surface area contributed by atoms with Gasteiger partial charge in [-0.15, -0.1) is 0 Å². The minimum absolute atomic E-state index is 0.0366. The highest BCUT2D eigenvalue weighted by Gasteiger charge is 2.26. The summed E-state index contributed by atoms with van der Waals surface area (Å²) in [6, 6.07) is 6.57. The van der Waals surface area contributed by atoms with Crippen LogP contribution in [0.25, 0.3) is 11.0 Å². The van der Waals surface area contributed by atoms with E-state index < -0.39 is 0 Å². The summed E-state index contributed by atoms with van der Waals surface area (Å²) in [7, 11) is 0. The lowest BCUT2D eigenvalue weighted by Crippen LogP contribution is -2.16. The molecule has 2 aromatic rings. The lowest BCUT2D eigenvalue weighted by Gasteiger charge is -2.24. The van der Waals surface area contributed by atoms with E-state index in [2.05, 4.69) is 59.7 Å². The number of fused-ring (bicyclic) bond motifs is 1. The molecule has 0 amide bonds. The van der Waals surface area contributed by atoms with Crippen molar-refractivity contribution in [3.05, 3.63) is 35.1 Å². The average Bonchev–Trinajstić information content (AvgIpc) is 2.75. The van der Waals surface area contributed by atoms with E-state index in [0.717, 1.165) is 17.8 Å². The normalized spacial score (nSPS) is 13.2. The van der Waals surface area contributed by atoms with Gasteiger partial charge in [-0.2, -0.15) is 0 Å². The van der Waals surface area contributed by atoms with Crippen LogP contribution in [0.1, 0.15) is 64.9 Å². The maximum atomic E-state index is 5.95. The van der Waals surface area contributed by atoms with Crippen LogP contribution in [0.15, 0.2) is 22.6 Å². The number of nitrogens with two attached hydrogens (primary N) is 1. The van der Waals surface area contributed by atoms with E-state index in [9.17, 15) is 0 Å². The molecule has 0 atom stereocenters. The molecule has 0 radical (unpaired) electrons. The Hall–Kier alpha value is -1.28. The van der Waals surface area contributed by atoms with Crippen LogP contribution >= 0.6 is 0 Å². The maximum absolute atomic E-state index is 5.95. The first kappa shape index (κ1) is 15.1. The van der Waals surface area contributed by atoms with Gasteiger partial charge in [0.15, 0.2) is 0 Å². The molecular formula is C18H27NO. The molecule has 0 aliphatic heterocycles. The summed E-state index contributed by atoms with van der Waals surface area (Å²) in [5.74, 6) is 0.916. The molecule has 2 N–H and O–H groups in total. The topological polar surface area (TPSA) is 39.2 Å². The van der Waals surface area contributed by atoms with E-state index >= 15 is 0 Å². The highest BCUT2D eigenvalue weighted by molar-refractivity contribution is 5.84. The first-order valence-electron chi connectivity index (χ1n) is 7.47. The monoisotopic (exact) mass is 273 g/mol.